The highest BCUT2D eigenvalue weighted by molar-refractivity contribution is 6.67. The Balaban J connectivity index is 3.06. The Morgan fingerprint density at radius 1 is 1.33 bits per heavy atom. The molecule has 1 aromatic carbocycles. The number of rotatable bonds is 2. The Hall–Kier alpha value is -0.940. The van der Waals surface area contributed by atoms with Gasteiger partial charge in [0.2, 0.25) is 0 Å². The molecule has 2 nitrogen and oxygen atoms in total. The summed E-state index contributed by atoms with van der Waals surface area (Å²) in [6.45, 7) is 0. The zero-order valence-electron chi connectivity index (χ0n) is 6.94. The summed E-state index contributed by atoms with van der Waals surface area (Å²) < 4.78 is 39.1. The van der Waals surface area contributed by atoms with Gasteiger partial charge < -0.3 is 4.74 Å². The van der Waals surface area contributed by atoms with Crippen molar-refractivity contribution in [1.82, 2.24) is 0 Å². The van der Waals surface area contributed by atoms with E-state index in [1.807, 2.05) is 0 Å². The fourth-order valence-corrected chi connectivity index (χ4v) is 1.10. The molecule has 15 heavy (non-hydrogen) atoms. The first-order valence-electron chi connectivity index (χ1n) is 3.55. The highest BCUT2D eigenvalue weighted by Crippen LogP contribution is 2.31. The summed E-state index contributed by atoms with van der Waals surface area (Å²) in [4.78, 5) is 10.7. The minimum absolute atomic E-state index is 0.125. The number of alkyl halides is 3. The smallest absolute Gasteiger partial charge is 0.404 e. The maximum Gasteiger partial charge on any atom is 0.573 e. The van der Waals surface area contributed by atoms with Gasteiger partial charge in [0.1, 0.15) is 5.75 Å². The molecule has 0 atom stereocenters. The van der Waals surface area contributed by atoms with Crippen LogP contribution in [0.3, 0.4) is 0 Å². The van der Waals surface area contributed by atoms with Crippen LogP contribution in [0, 0.1) is 0 Å². The molecule has 0 aromatic heterocycles. The van der Waals surface area contributed by atoms with Gasteiger partial charge in [0.05, 0.1) is 5.02 Å². The van der Waals surface area contributed by atoms with Crippen LogP contribution in [0.25, 0.3) is 0 Å². The van der Waals surface area contributed by atoms with Crippen molar-refractivity contribution in [1.29, 1.82) is 0 Å². The van der Waals surface area contributed by atoms with Crippen LogP contribution in [0.15, 0.2) is 18.2 Å². The average molecular weight is 259 g/mol. The molecule has 0 unspecified atom stereocenters. The van der Waals surface area contributed by atoms with E-state index in [0.29, 0.717) is 0 Å². The lowest BCUT2D eigenvalue weighted by atomic mass is 10.2. The van der Waals surface area contributed by atoms with Crippen molar-refractivity contribution in [2.45, 2.75) is 6.36 Å². The van der Waals surface area contributed by atoms with Gasteiger partial charge in [-0.1, -0.05) is 11.6 Å². The Labute approximate surface area is 92.5 Å². The molecule has 0 radical (unpaired) electrons. The molecule has 0 amide bonds. The molecule has 0 aliphatic heterocycles. The van der Waals surface area contributed by atoms with Gasteiger partial charge in [-0.25, -0.2) is 0 Å². The predicted molar refractivity (Wildman–Crippen MR) is 48.3 cm³/mol. The lowest BCUT2D eigenvalue weighted by Crippen LogP contribution is -2.17. The highest BCUT2D eigenvalue weighted by atomic mass is 35.5. The van der Waals surface area contributed by atoms with Crippen molar-refractivity contribution in [3.63, 3.8) is 0 Å². The van der Waals surface area contributed by atoms with Crippen molar-refractivity contribution < 1.29 is 22.7 Å². The van der Waals surface area contributed by atoms with E-state index in [1.54, 1.807) is 0 Å². The number of halogens is 5. The third-order valence-electron chi connectivity index (χ3n) is 1.38. The topological polar surface area (TPSA) is 26.3 Å². The Morgan fingerprint density at radius 2 is 1.93 bits per heavy atom. The molecule has 82 valence electrons. The molecule has 0 fully saturated rings. The van der Waals surface area contributed by atoms with E-state index in [-0.39, 0.29) is 10.6 Å². The first-order chi connectivity index (χ1) is 6.79. The van der Waals surface area contributed by atoms with Crippen molar-refractivity contribution in [2.24, 2.45) is 0 Å². The summed E-state index contributed by atoms with van der Waals surface area (Å²) in [6, 6.07) is 3.12. The number of hydrogen-bond acceptors (Lipinski definition) is 2. The van der Waals surface area contributed by atoms with E-state index in [0.717, 1.165) is 12.1 Å². The number of carbonyl (C=O) groups excluding carboxylic acids is 1. The second-order valence-corrected chi connectivity index (χ2v) is 3.22. The molecular weight excluding hydrogens is 256 g/mol. The van der Waals surface area contributed by atoms with Crippen LogP contribution < -0.4 is 4.74 Å². The molecule has 0 spiro atoms. The number of benzene rings is 1. The summed E-state index contributed by atoms with van der Waals surface area (Å²) in [5.41, 5.74) is -0.125. The zero-order valence-corrected chi connectivity index (χ0v) is 8.45. The highest BCUT2D eigenvalue weighted by Gasteiger charge is 2.32. The molecule has 1 rings (SSSR count). The largest absolute Gasteiger partial charge is 0.573 e. The number of carbonyl (C=O) groups is 1. The second kappa shape index (κ2) is 4.28. The van der Waals surface area contributed by atoms with Crippen molar-refractivity contribution >= 4 is 28.4 Å². The Kier molecular flexibility index (Phi) is 3.46. The Morgan fingerprint density at radius 3 is 2.40 bits per heavy atom. The third kappa shape index (κ3) is 3.60. The van der Waals surface area contributed by atoms with E-state index >= 15 is 0 Å². The van der Waals surface area contributed by atoms with Gasteiger partial charge in [-0.2, -0.15) is 0 Å². The van der Waals surface area contributed by atoms with Gasteiger partial charge >= 0.3 is 6.36 Å². The number of ether oxygens (including phenoxy) is 1. The van der Waals surface area contributed by atoms with Gasteiger partial charge in [0.25, 0.3) is 5.24 Å². The van der Waals surface area contributed by atoms with E-state index in [4.69, 9.17) is 23.2 Å². The summed E-state index contributed by atoms with van der Waals surface area (Å²) in [5.74, 6) is -0.657. The molecule has 0 aliphatic rings. The molecule has 0 bridgehead atoms. The van der Waals surface area contributed by atoms with E-state index in [9.17, 15) is 18.0 Å². The molecule has 0 saturated carbocycles. The molecule has 0 heterocycles. The van der Waals surface area contributed by atoms with Crippen LogP contribution in [-0.2, 0) is 0 Å². The van der Waals surface area contributed by atoms with E-state index in [1.165, 1.54) is 6.07 Å². The van der Waals surface area contributed by atoms with Gasteiger partial charge in [-0.15, -0.1) is 13.2 Å². The minimum atomic E-state index is -4.86. The maximum atomic E-state index is 11.9. The number of hydrogen-bond donors (Lipinski definition) is 0. The normalized spacial score (nSPS) is 11.3. The lowest BCUT2D eigenvalue weighted by Gasteiger charge is -2.10. The second-order valence-electron chi connectivity index (χ2n) is 2.47. The van der Waals surface area contributed by atoms with Crippen molar-refractivity contribution in [3.05, 3.63) is 28.8 Å². The molecule has 0 saturated heterocycles. The SMILES string of the molecule is O=C(Cl)c1ccc(Cl)c(OC(F)(F)F)c1. The maximum absolute atomic E-state index is 11.9. The molecule has 7 heteroatoms. The van der Waals surface area contributed by atoms with Crippen LogP contribution in [0.4, 0.5) is 13.2 Å². The fourth-order valence-electron chi connectivity index (χ4n) is 0.829. The summed E-state index contributed by atoms with van der Waals surface area (Å²) in [6.07, 6.45) is -4.86. The van der Waals surface area contributed by atoms with Crippen LogP contribution in [0.1, 0.15) is 10.4 Å². The summed E-state index contributed by atoms with van der Waals surface area (Å²) in [7, 11) is 0. The molecular formula is C8H3Cl2F3O2. The fraction of sp³-hybridized carbons (Fsp3) is 0.125. The van der Waals surface area contributed by atoms with Crippen molar-refractivity contribution in [2.75, 3.05) is 0 Å². The molecule has 1 aromatic rings. The molecule has 0 aliphatic carbocycles. The summed E-state index contributed by atoms with van der Waals surface area (Å²) >= 11 is 10.5. The third-order valence-corrected chi connectivity index (χ3v) is 1.91. The quantitative estimate of drug-likeness (QED) is 0.758. The van der Waals surface area contributed by atoms with Crippen molar-refractivity contribution in [3.8, 4) is 5.75 Å². The van der Waals surface area contributed by atoms with Gasteiger partial charge in [-0.05, 0) is 29.8 Å². The van der Waals surface area contributed by atoms with Gasteiger partial charge in [0, 0.05) is 5.56 Å². The molecule has 0 N–H and O–H groups in total. The Bertz CT molecular complexity index is 390. The summed E-state index contributed by atoms with van der Waals surface area (Å²) in [5, 5.41) is -1.15. The lowest BCUT2D eigenvalue weighted by molar-refractivity contribution is -0.274. The van der Waals surface area contributed by atoms with Crippen LogP contribution in [0.5, 0.6) is 5.75 Å². The van der Waals surface area contributed by atoms with Crippen LogP contribution in [-0.4, -0.2) is 11.6 Å². The van der Waals surface area contributed by atoms with Gasteiger partial charge in [-0.3, -0.25) is 4.79 Å². The monoisotopic (exact) mass is 258 g/mol. The van der Waals surface area contributed by atoms with E-state index in [2.05, 4.69) is 4.74 Å². The predicted octanol–water partition coefficient (Wildman–Crippen LogP) is 3.62. The average Bonchev–Trinajstić information content (AvgIpc) is 2.06. The van der Waals surface area contributed by atoms with Gasteiger partial charge in [0.15, 0.2) is 0 Å². The van der Waals surface area contributed by atoms with Crippen LogP contribution >= 0.6 is 23.2 Å². The standard InChI is InChI=1S/C8H3Cl2F3O2/c9-5-2-1-4(7(10)14)3-6(5)15-8(11,12)13/h1-3H. The van der Waals surface area contributed by atoms with Crippen LogP contribution in [0.2, 0.25) is 5.02 Å². The first kappa shape index (κ1) is 12.1. The minimum Gasteiger partial charge on any atom is -0.404 e. The van der Waals surface area contributed by atoms with E-state index < -0.39 is 17.4 Å². The zero-order chi connectivity index (χ0) is 11.6. The first-order valence-corrected chi connectivity index (χ1v) is 4.30.